The number of hydrogen-bond donors (Lipinski definition) is 1. The van der Waals surface area contributed by atoms with Crippen molar-refractivity contribution in [2.75, 3.05) is 6.54 Å². The molecule has 16 heavy (non-hydrogen) atoms. The van der Waals surface area contributed by atoms with E-state index in [9.17, 15) is 0 Å². The number of piperidine rings is 1. The fourth-order valence-electron chi connectivity index (χ4n) is 2.56. The molecule has 3 heteroatoms. The van der Waals surface area contributed by atoms with Crippen molar-refractivity contribution in [2.24, 2.45) is 5.92 Å². The maximum Gasteiger partial charge on any atom is 0.101 e. The minimum Gasteiger partial charge on any atom is -0.310 e. The molecule has 3 heterocycles. The van der Waals surface area contributed by atoms with Gasteiger partial charge in [-0.1, -0.05) is 6.08 Å². The van der Waals surface area contributed by atoms with Crippen LogP contribution in [0.5, 0.6) is 0 Å². The summed E-state index contributed by atoms with van der Waals surface area (Å²) >= 11 is 0. The van der Waals surface area contributed by atoms with E-state index < -0.39 is 0 Å². The van der Waals surface area contributed by atoms with Crippen molar-refractivity contribution in [2.45, 2.75) is 18.9 Å². The molecule has 4 rings (SSSR count). The Bertz CT molecular complexity index is 459. The Kier molecular flexibility index (Phi) is 2.23. The number of hydrogen-bond acceptors (Lipinski definition) is 3. The van der Waals surface area contributed by atoms with E-state index in [2.05, 4.69) is 22.4 Å². The zero-order valence-electron chi connectivity index (χ0n) is 8.98. The largest absolute Gasteiger partial charge is 0.310 e. The fraction of sp³-hybridized carbons (Fsp3) is 0.385. The zero-order valence-corrected chi connectivity index (χ0v) is 8.98. The van der Waals surface area contributed by atoms with Gasteiger partial charge in [-0.3, -0.25) is 4.98 Å². The van der Waals surface area contributed by atoms with Crippen LogP contribution in [0.3, 0.4) is 0 Å². The lowest BCUT2D eigenvalue weighted by Gasteiger charge is -2.36. The number of nitrogens with zero attached hydrogens (tertiary/aromatic N) is 2. The van der Waals surface area contributed by atoms with Crippen molar-refractivity contribution in [3.8, 4) is 6.07 Å². The van der Waals surface area contributed by atoms with Crippen LogP contribution >= 0.6 is 0 Å². The van der Waals surface area contributed by atoms with Gasteiger partial charge in [0.15, 0.2) is 0 Å². The average molecular weight is 211 g/mol. The van der Waals surface area contributed by atoms with E-state index in [1.807, 2.05) is 12.1 Å². The Balaban J connectivity index is 1.95. The van der Waals surface area contributed by atoms with Crippen LogP contribution in [0.15, 0.2) is 24.4 Å². The van der Waals surface area contributed by atoms with Crippen LogP contribution in [-0.2, 0) is 0 Å². The molecule has 2 aliphatic heterocycles. The van der Waals surface area contributed by atoms with E-state index in [0.717, 1.165) is 12.2 Å². The number of pyridine rings is 1. The summed E-state index contributed by atoms with van der Waals surface area (Å²) in [5.74, 6) is 0.602. The van der Waals surface area contributed by atoms with E-state index in [0.29, 0.717) is 17.5 Å². The third kappa shape index (κ3) is 1.52. The van der Waals surface area contributed by atoms with Crippen molar-refractivity contribution in [3.05, 3.63) is 35.7 Å². The van der Waals surface area contributed by atoms with Crippen LogP contribution in [-0.4, -0.2) is 17.6 Å². The van der Waals surface area contributed by atoms with Gasteiger partial charge in [-0.05, 0) is 36.5 Å². The lowest BCUT2D eigenvalue weighted by molar-refractivity contribution is 0.374. The molecule has 2 atom stereocenters. The van der Waals surface area contributed by atoms with Crippen molar-refractivity contribution in [3.63, 3.8) is 0 Å². The van der Waals surface area contributed by atoms with E-state index in [1.54, 1.807) is 6.20 Å². The number of nitrogens with one attached hydrogen (secondary N) is 1. The smallest absolute Gasteiger partial charge is 0.101 e. The van der Waals surface area contributed by atoms with Gasteiger partial charge in [-0.15, -0.1) is 0 Å². The number of fused-ring (bicyclic) bond motifs is 2. The lowest BCUT2D eigenvalue weighted by Crippen LogP contribution is -2.42. The van der Waals surface area contributed by atoms with Gasteiger partial charge in [0.05, 0.1) is 11.3 Å². The molecule has 3 nitrogen and oxygen atoms in total. The Morgan fingerprint density at radius 1 is 1.38 bits per heavy atom. The quantitative estimate of drug-likeness (QED) is 0.769. The van der Waals surface area contributed by atoms with Crippen molar-refractivity contribution >= 4 is 5.57 Å². The Hall–Kier alpha value is -1.66. The highest BCUT2D eigenvalue weighted by atomic mass is 14.9. The lowest BCUT2D eigenvalue weighted by atomic mass is 9.80. The minimum absolute atomic E-state index is 0.525. The standard InChI is InChI=1S/C13H13N3/c14-6-9-1-4-13(16-7-9)12-5-11-3-2-10(12)8-15-11/h1,4-5,7,10-11,15H,2-3,8H2. The first-order chi connectivity index (χ1) is 7.86. The van der Waals surface area contributed by atoms with Gasteiger partial charge in [0.25, 0.3) is 0 Å². The Morgan fingerprint density at radius 3 is 2.81 bits per heavy atom. The summed E-state index contributed by atoms with van der Waals surface area (Å²) in [6.45, 7) is 1.07. The highest BCUT2D eigenvalue weighted by Crippen LogP contribution is 2.34. The van der Waals surface area contributed by atoms with Gasteiger partial charge in [0, 0.05) is 18.8 Å². The summed E-state index contributed by atoms with van der Waals surface area (Å²) in [6, 6.07) is 6.43. The Morgan fingerprint density at radius 2 is 2.31 bits per heavy atom. The third-order valence-electron chi connectivity index (χ3n) is 3.46. The van der Waals surface area contributed by atoms with Crippen molar-refractivity contribution in [1.29, 1.82) is 5.26 Å². The molecular weight excluding hydrogens is 198 g/mol. The van der Waals surface area contributed by atoms with Gasteiger partial charge >= 0.3 is 0 Å². The summed E-state index contributed by atoms with van der Waals surface area (Å²) in [4.78, 5) is 4.37. The van der Waals surface area contributed by atoms with Gasteiger partial charge in [-0.2, -0.15) is 5.26 Å². The Labute approximate surface area is 94.8 Å². The van der Waals surface area contributed by atoms with Crippen LogP contribution in [0, 0.1) is 17.2 Å². The summed E-state index contributed by atoms with van der Waals surface area (Å²) in [6.07, 6.45) is 6.45. The summed E-state index contributed by atoms with van der Waals surface area (Å²) in [5.41, 5.74) is 3.03. The molecule has 0 aromatic carbocycles. The molecule has 2 bridgehead atoms. The molecule has 1 saturated heterocycles. The number of rotatable bonds is 1. The first kappa shape index (κ1) is 9.56. The monoisotopic (exact) mass is 211 g/mol. The van der Waals surface area contributed by atoms with E-state index >= 15 is 0 Å². The molecule has 2 unspecified atom stereocenters. The summed E-state index contributed by atoms with van der Waals surface area (Å²) in [7, 11) is 0. The van der Waals surface area contributed by atoms with Crippen LogP contribution in [0.1, 0.15) is 24.1 Å². The number of nitriles is 1. The van der Waals surface area contributed by atoms with Crippen LogP contribution < -0.4 is 5.32 Å². The molecule has 3 aliphatic rings. The van der Waals surface area contributed by atoms with Gasteiger partial charge in [0.1, 0.15) is 6.07 Å². The summed E-state index contributed by atoms with van der Waals surface area (Å²) in [5, 5.41) is 12.2. The first-order valence-electron chi connectivity index (χ1n) is 5.68. The van der Waals surface area contributed by atoms with Gasteiger partial charge in [-0.25, -0.2) is 0 Å². The highest BCUT2D eigenvalue weighted by molar-refractivity contribution is 5.67. The maximum absolute atomic E-state index is 8.73. The van der Waals surface area contributed by atoms with Crippen molar-refractivity contribution < 1.29 is 0 Å². The van der Waals surface area contributed by atoms with E-state index in [-0.39, 0.29) is 0 Å². The van der Waals surface area contributed by atoms with Crippen LogP contribution in [0.25, 0.3) is 5.57 Å². The molecule has 1 aliphatic carbocycles. The average Bonchev–Trinajstić information content (AvgIpc) is 2.40. The molecule has 0 saturated carbocycles. The first-order valence-corrected chi connectivity index (χ1v) is 5.68. The van der Waals surface area contributed by atoms with Crippen LogP contribution in [0.4, 0.5) is 0 Å². The molecule has 1 N–H and O–H groups in total. The SMILES string of the molecule is N#Cc1ccc(C2=CC3CCC2CN3)nc1. The molecule has 1 aromatic rings. The normalized spacial score (nSPS) is 27.3. The highest BCUT2D eigenvalue weighted by Gasteiger charge is 2.29. The third-order valence-corrected chi connectivity index (χ3v) is 3.46. The second-order valence-electron chi connectivity index (χ2n) is 4.45. The van der Waals surface area contributed by atoms with E-state index in [1.165, 1.54) is 18.4 Å². The molecule has 0 radical (unpaired) electrons. The number of aromatic nitrogens is 1. The molecule has 80 valence electrons. The van der Waals surface area contributed by atoms with Gasteiger partial charge < -0.3 is 5.32 Å². The second kappa shape index (κ2) is 3.73. The van der Waals surface area contributed by atoms with Crippen LogP contribution in [0.2, 0.25) is 0 Å². The molecule has 1 aromatic heterocycles. The topological polar surface area (TPSA) is 48.7 Å². The summed E-state index contributed by atoms with van der Waals surface area (Å²) < 4.78 is 0. The molecule has 0 amide bonds. The second-order valence-corrected chi connectivity index (χ2v) is 4.45. The predicted molar refractivity (Wildman–Crippen MR) is 61.4 cm³/mol. The molecule has 0 spiro atoms. The maximum atomic E-state index is 8.73. The molecule has 1 fully saturated rings. The molecular formula is C13H13N3. The van der Waals surface area contributed by atoms with Gasteiger partial charge in [0.2, 0.25) is 0 Å². The van der Waals surface area contributed by atoms with E-state index in [4.69, 9.17) is 5.26 Å². The minimum atomic E-state index is 0.525. The predicted octanol–water partition coefficient (Wildman–Crippen LogP) is 1.72. The van der Waals surface area contributed by atoms with Crippen molar-refractivity contribution in [1.82, 2.24) is 10.3 Å². The fourth-order valence-corrected chi connectivity index (χ4v) is 2.56. The zero-order chi connectivity index (χ0) is 11.0.